The van der Waals surface area contributed by atoms with E-state index in [9.17, 15) is 14.7 Å². The fourth-order valence-electron chi connectivity index (χ4n) is 2.24. The third kappa shape index (κ3) is 6.05. The molecule has 0 bridgehead atoms. The number of β-amino-alcohol motifs (C(OH)–C–C–N with tert-alkyl or cyclic N) is 1. The van der Waals surface area contributed by atoms with E-state index in [-0.39, 0.29) is 18.4 Å². The van der Waals surface area contributed by atoms with Gasteiger partial charge in [0.05, 0.1) is 12.6 Å². The lowest BCUT2D eigenvalue weighted by Crippen LogP contribution is -2.43. The van der Waals surface area contributed by atoms with Crippen molar-refractivity contribution in [2.45, 2.75) is 12.6 Å². The van der Waals surface area contributed by atoms with E-state index in [0.717, 1.165) is 5.56 Å². The van der Waals surface area contributed by atoms with E-state index < -0.39 is 12.1 Å². The van der Waals surface area contributed by atoms with E-state index >= 15 is 0 Å². The molecule has 0 aliphatic carbocycles. The second-order valence-corrected chi connectivity index (χ2v) is 5.89. The van der Waals surface area contributed by atoms with Gasteiger partial charge in [0.1, 0.15) is 0 Å². The molecule has 7 nitrogen and oxygen atoms in total. The Balaban J connectivity index is 1.60. The summed E-state index contributed by atoms with van der Waals surface area (Å²) in [7, 11) is 0. The zero-order chi connectivity index (χ0) is 16.7. The third-order valence-corrected chi connectivity index (χ3v) is 3.89. The average molecular weight is 341 g/mol. The van der Waals surface area contributed by atoms with Crippen molar-refractivity contribution in [3.8, 4) is 0 Å². The Bertz CT molecular complexity index is 538. The van der Waals surface area contributed by atoms with Gasteiger partial charge < -0.3 is 26.4 Å². The van der Waals surface area contributed by atoms with Crippen LogP contribution in [0.5, 0.6) is 0 Å². The number of urea groups is 1. The zero-order valence-electron chi connectivity index (χ0n) is 12.6. The SMILES string of the molecule is O=C(CNC(=O)NCc1ccc(Cl)cc1)NCC1CNCC1O. The molecule has 2 rings (SSSR count). The van der Waals surface area contributed by atoms with Crippen LogP contribution in [-0.2, 0) is 11.3 Å². The summed E-state index contributed by atoms with van der Waals surface area (Å²) in [4.78, 5) is 23.3. The number of benzene rings is 1. The Hall–Kier alpha value is -1.83. The summed E-state index contributed by atoms with van der Waals surface area (Å²) in [5.41, 5.74) is 0.914. The molecule has 5 N–H and O–H groups in total. The molecule has 1 aromatic carbocycles. The lowest BCUT2D eigenvalue weighted by atomic mass is 10.1. The second kappa shape index (κ2) is 8.71. The standard InChI is InChI=1S/C15H21ClN4O3/c16-12-3-1-10(2-4-12)5-19-15(23)20-9-14(22)18-7-11-6-17-8-13(11)21/h1-4,11,13,17,21H,5-9H2,(H,18,22)(H2,19,20,23). The Labute approximate surface area is 139 Å². The summed E-state index contributed by atoms with van der Waals surface area (Å²) in [5.74, 6) is -0.275. The summed E-state index contributed by atoms with van der Waals surface area (Å²) in [6, 6.07) is 6.71. The molecular formula is C15H21ClN4O3. The highest BCUT2D eigenvalue weighted by molar-refractivity contribution is 6.30. The van der Waals surface area contributed by atoms with Gasteiger partial charge in [0.25, 0.3) is 0 Å². The van der Waals surface area contributed by atoms with Crippen molar-refractivity contribution in [3.05, 3.63) is 34.9 Å². The van der Waals surface area contributed by atoms with Gasteiger partial charge >= 0.3 is 6.03 Å². The van der Waals surface area contributed by atoms with Crippen LogP contribution in [0.1, 0.15) is 5.56 Å². The fourth-order valence-corrected chi connectivity index (χ4v) is 2.37. The Morgan fingerprint density at radius 2 is 1.91 bits per heavy atom. The second-order valence-electron chi connectivity index (χ2n) is 5.45. The molecule has 0 radical (unpaired) electrons. The van der Waals surface area contributed by atoms with Crippen LogP contribution in [0.4, 0.5) is 4.79 Å². The van der Waals surface area contributed by atoms with Gasteiger partial charge in [-0.1, -0.05) is 23.7 Å². The molecule has 23 heavy (non-hydrogen) atoms. The summed E-state index contributed by atoms with van der Waals surface area (Å²) < 4.78 is 0. The largest absolute Gasteiger partial charge is 0.391 e. The molecule has 0 aromatic heterocycles. The Morgan fingerprint density at radius 3 is 2.57 bits per heavy atom. The molecule has 1 aromatic rings. The van der Waals surface area contributed by atoms with Gasteiger partial charge in [-0.05, 0) is 17.7 Å². The van der Waals surface area contributed by atoms with Gasteiger partial charge in [0.2, 0.25) is 5.91 Å². The van der Waals surface area contributed by atoms with Crippen molar-refractivity contribution in [2.24, 2.45) is 5.92 Å². The van der Waals surface area contributed by atoms with E-state index in [1.807, 2.05) is 12.1 Å². The van der Waals surface area contributed by atoms with Crippen LogP contribution in [0, 0.1) is 5.92 Å². The first-order valence-electron chi connectivity index (χ1n) is 7.46. The maximum absolute atomic E-state index is 11.7. The lowest BCUT2D eigenvalue weighted by Gasteiger charge is -2.14. The molecule has 1 aliphatic rings. The third-order valence-electron chi connectivity index (χ3n) is 3.64. The highest BCUT2D eigenvalue weighted by Crippen LogP contribution is 2.09. The first-order valence-corrected chi connectivity index (χ1v) is 7.84. The monoisotopic (exact) mass is 340 g/mol. The smallest absolute Gasteiger partial charge is 0.315 e. The van der Waals surface area contributed by atoms with Crippen molar-refractivity contribution in [2.75, 3.05) is 26.2 Å². The van der Waals surface area contributed by atoms with Gasteiger partial charge in [-0.25, -0.2) is 4.79 Å². The van der Waals surface area contributed by atoms with E-state index in [2.05, 4.69) is 21.3 Å². The number of amides is 3. The Morgan fingerprint density at radius 1 is 1.17 bits per heavy atom. The van der Waals surface area contributed by atoms with E-state index in [1.165, 1.54) is 0 Å². The average Bonchev–Trinajstić information content (AvgIpc) is 2.95. The maximum atomic E-state index is 11.7. The van der Waals surface area contributed by atoms with E-state index in [1.54, 1.807) is 12.1 Å². The van der Waals surface area contributed by atoms with Crippen molar-refractivity contribution < 1.29 is 14.7 Å². The van der Waals surface area contributed by atoms with Crippen molar-refractivity contribution in [3.63, 3.8) is 0 Å². The molecule has 1 fully saturated rings. The number of aliphatic hydroxyl groups excluding tert-OH is 1. The van der Waals surface area contributed by atoms with Crippen LogP contribution < -0.4 is 21.3 Å². The lowest BCUT2D eigenvalue weighted by molar-refractivity contribution is -0.120. The summed E-state index contributed by atoms with van der Waals surface area (Å²) in [6.45, 7) is 1.86. The quantitative estimate of drug-likeness (QED) is 0.496. The zero-order valence-corrected chi connectivity index (χ0v) is 13.4. The summed E-state index contributed by atoms with van der Waals surface area (Å²) >= 11 is 5.78. The van der Waals surface area contributed by atoms with Crippen molar-refractivity contribution in [1.29, 1.82) is 0 Å². The molecule has 8 heteroatoms. The summed E-state index contributed by atoms with van der Waals surface area (Å²) in [5, 5.41) is 21.1. The fraction of sp³-hybridized carbons (Fsp3) is 0.467. The van der Waals surface area contributed by atoms with Crippen LogP contribution in [0.15, 0.2) is 24.3 Å². The van der Waals surface area contributed by atoms with Crippen LogP contribution in [-0.4, -0.2) is 49.3 Å². The molecule has 0 spiro atoms. The van der Waals surface area contributed by atoms with Crippen LogP contribution in [0.25, 0.3) is 0 Å². The highest BCUT2D eigenvalue weighted by Gasteiger charge is 2.24. The number of hydrogen-bond donors (Lipinski definition) is 5. The molecule has 1 saturated heterocycles. The van der Waals surface area contributed by atoms with Crippen molar-refractivity contribution in [1.82, 2.24) is 21.3 Å². The molecule has 1 heterocycles. The molecule has 1 aliphatic heterocycles. The molecule has 126 valence electrons. The number of carbonyl (C=O) groups is 2. The summed E-state index contributed by atoms with van der Waals surface area (Å²) in [6.07, 6.45) is -0.439. The highest BCUT2D eigenvalue weighted by atomic mass is 35.5. The molecule has 0 saturated carbocycles. The van der Waals surface area contributed by atoms with Gasteiger partial charge in [0, 0.05) is 37.1 Å². The van der Waals surface area contributed by atoms with Crippen LogP contribution >= 0.6 is 11.6 Å². The van der Waals surface area contributed by atoms with E-state index in [0.29, 0.717) is 31.2 Å². The number of hydrogen-bond acceptors (Lipinski definition) is 4. The van der Waals surface area contributed by atoms with E-state index in [4.69, 9.17) is 11.6 Å². The number of rotatable bonds is 6. The van der Waals surface area contributed by atoms with Gasteiger partial charge in [-0.2, -0.15) is 0 Å². The van der Waals surface area contributed by atoms with Crippen molar-refractivity contribution >= 4 is 23.5 Å². The number of halogens is 1. The molecule has 2 atom stereocenters. The number of aliphatic hydroxyl groups is 1. The molecular weight excluding hydrogens is 320 g/mol. The molecule has 2 unspecified atom stereocenters. The number of carbonyl (C=O) groups excluding carboxylic acids is 2. The topological polar surface area (TPSA) is 102 Å². The minimum absolute atomic E-state index is 0.0117. The predicted molar refractivity (Wildman–Crippen MR) is 87.1 cm³/mol. The van der Waals surface area contributed by atoms with Gasteiger partial charge in [0.15, 0.2) is 0 Å². The first-order chi connectivity index (χ1) is 11.0. The predicted octanol–water partition coefficient (Wildman–Crippen LogP) is -0.164. The normalized spacial score (nSPS) is 20.1. The molecule has 3 amide bonds. The minimum Gasteiger partial charge on any atom is -0.391 e. The maximum Gasteiger partial charge on any atom is 0.315 e. The minimum atomic E-state index is -0.439. The van der Waals surface area contributed by atoms with Crippen LogP contribution in [0.3, 0.4) is 0 Å². The number of nitrogens with one attached hydrogen (secondary N) is 4. The van der Waals surface area contributed by atoms with Gasteiger partial charge in [-0.15, -0.1) is 0 Å². The van der Waals surface area contributed by atoms with Gasteiger partial charge in [-0.3, -0.25) is 4.79 Å². The Kier molecular flexibility index (Phi) is 6.64. The first kappa shape index (κ1) is 17.5. The van der Waals surface area contributed by atoms with Crippen LogP contribution in [0.2, 0.25) is 5.02 Å².